The van der Waals surface area contributed by atoms with Gasteiger partial charge >= 0.3 is 17.5 Å². The molecule has 1 saturated heterocycles. The standard InChI is InChI=1S/C21H22N4O4/c1-4-22-18(26)23(15-11-7-5-8-12-15)17(21(22,2)3)25-19(27)24(20(28)29-25)16-13-9-6-10-14-16/h5-14,17H,4H2,1-3H3. The number of amides is 2. The number of aromatic nitrogens is 2. The number of likely N-dealkylation sites (N-methyl/N-ethyl adjacent to an activating group) is 1. The number of anilines is 1. The molecule has 150 valence electrons. The van der Waals surface area contributed by atoms with Crippen LogP contribution < -0.4 is 16.3 Å². The van der Waals surface area contributed by atoms with Crippen molar-refractivity contribution in [3.05, 3.63) is 81.7 Å². The van der Waals surface area contributed by atoms with Gasteiger partial charge in [0.1, 0.15) is 0 Å². The van der Waals surface area contributed by atoms with Crippen molar-refractivity contribution >= 4 is 11.7 Å². The summed E-state index contributed by atoms with van der Waals surface area (Å²) in [5.41, 5.74) is -0.408. The number of nitrogens with zero attached hydrogens (tertiary/aromatic N) is 4. The van der Waals surface area contributed by atoms with Gasteiger partial charge < -0.3 is 9.42 Å². The summed E-state index contributed by atoms with van der Waals surface area (Å²) in [4.78, 5) is 42.2. The monoisotopic (exact) mass is 394 g/mol. The van der Waals surface area contributed by atoms with Gasteiger partial charge in [0, 0.05) is 12.2 Å². The molecule has 1 fully saturated rings. The molecule has 29 heavy (non-hydrogen) atoms. The Balaban J connectivity index is 1.93. The van der Waals surface area contributed by atoms with E-state index in [0.717, 1.165) is 9.31 Å². The van der Waals surface area contributed by atoms with Gasteiger partial charge in [0.25, 0.3) is 0 Å². The Bertz CT molecular complexity index is 1140. The van der Waals surface area contributed by atoms with Crippen molar-refractivity contribution in [2.75, 3.05) is 11.4 Å². The maximum absolute atomic E-state index is 13.2. The first-order valence-corrected chi connectivity index (χ1v) is 9.44. The Kier molecular flexibility index (Phi) is 4.41. The lowest BCUT2D eigenvalue weighted by atomic mass is 10.0. The molecule has 3 aromatic rings. The van der Waals surface area contributed by atoms with Gasteiger partial charge in [0.2, 0.25) is 0 Å². The van der Waals surface area contributed by atoms with E-state index in [0.29, 0.717) is 17.9 Å². The molecule has 8 nitrogen and oxygen atoms in total. The molecule has 1 atom stereocenters. The highest BCUT2D eigenvalue weighted by atomic mass is 16.5. The molecule has 2 amide bonds. The zero-order chi connectivity index (χ0) is 20.8. The smallest absolute Gasteiger partial charge is 0.315 e. The van der Waals surface area contributed by atoms with E-state index in [4.69, 9.17) is 4.52 Å². The third-order valence-electron chi connectivity index (χ3n) is 5.34. The lowest BCUT2D eigenvalue weighted by Gasteiger charge is -2.33. The SMILES string of the molecule is CCN1C(=O)N(c2ccccc2)C(n2oc(=O)n(-c3ccccc3)c2=O)C1(C)C. The summed E-state index contributed by atoms with van der Waals surface area (Å²) in [5.74, 6) is -0.799. The second kappa shape index (κ2) is 6.80. The molecular weight excluding hydrogens is 372 g/mol. The zero-order valence-electron chi connectivity index (χ0n) is 16.5. The van der Waals surface area contributed by atoms with Gasteiger partial charge in [0.05, 0.1) is 11.2 Å². The molecule has 1 unspecified atom stereocenters. The number of urea groups is 1. The fourth-order valence-corrected chi connectivity index (χ4v) is 4.00. The summed E-state index contributed by atoms with van der Waals surface area (Å²) in [6.45, 7) is 6.03. The summed E-state index contributed by atoms with van der Waals surface area (Å²) < 4.78 is 7.38. The van der Waals surface area contributed by atoms with Crippen LogP contribution >= 0.6 is 0 Å². The van der Waals surface area contributed by atoms with Crippen molar-refractivity contribution in [1.29, 1.82) is 0 Å². The predicted molar refractivity (Wildman–Crippen MR) is 108 cm³/mol. The minimum atomic E-state index is -0.831. The number of para-hydroxylation sites is 2. The predicted octanol–water partition coefficient (Wildman–Crippen LogP) is 2.83. The molecule has 4 rings (SSSR count). The molecule has 0 bridgehead atoms. The van der Waals surface area contributed by atoms with E-state index in [1.54, 1.807) is 47.4 Å². The number of carbonyl (C=O) groups is 1. The van der Waals surface area contributed by atoms with Crippen LogP contribution in [0.5, 0.6) is 0 Å². The molecule has 1 aromatic heterocycles. The molecule has 0 spiro atoms. The number of rotatable bonds is 4. The van der Waals surface area contributed by atoms with Crippen LogP contribution in [-0.2, 0) is 0 Å². The van der Waals surface area contributed by atoms with E-state index in [1.165, 1.54) is 4.90 Å². The molecule has 2 heterocycles. The van der Waals surface area contributed by atoms with Crippen molar-refractivity contribution in [2.24, 2.45) is 0 Å². The lowest BCUT2D eigenvalue weighted by molar-refractivity contribution is 0.0999. The minimum Gasteiger partial charge on any atom is -0.315 e. The molecule has 0 radical (unpaired) electrons. The highest BCUT2D eigenvalue weighted by Crippen LogP contribution is 2.41. The normalized spacial score (nSPS) is 18.4. The van der Waals surface area contributed by atoms with Crippen molar-refractivity contribution < 1.29 is 9.32 Å². The van der Waals surface area contributed by atoms with Gasteiger partial charge in [0.15, 0.2) is 6.17 Å². The molecule has 1 aliphatic heterocycles. The molecule has 1 aliphatic rings. The summed E-state index contributed by atoms with van der Waals surface area (Å²) in [6.07, 6.45) is -0.831. The Hall–Kier alpha value is -3.55. The second-order valence-electron chi connectivity index (χ2n) is 7.40. The van der Waals surface area contributed by atoms with E-state index in [9.17, 15) is 14.4 Å². The third kappa shape index (κ3) is 2.79. The van der Waals surface area contributed by atoms with Crippen LogP contribution in [0.1, 0.15) is 26.9 Å². The zero-order valence-corrected chi connectivity index (χ0v) is 16.5. The Morgan fingerprint density at radius 1 is 0.897 bits per heavy atom. The van der Waals surface area contributed by atoms with Gasteiger partial charge in [-0.05, 0) is 45.0 Å². The summed E-state index contributed by atoms with van der Waals surface area (Å²) in [6, 6.07) is 17.4. The minimum absolute atomic E-state index is 0.254. The van der Waals surface area contributed by atoms with Crippen molar-refractivity contribution in [1.82, 2.24) is 14.2 Å². The summed E-state index contributed by atoms with van der Waals surface area (Å²) >= 11 is 0. The van der Waals surface area contributed by atoms with Crippen LogP contribution in [0.15, 0.2) is 74.8 Å². The molecule has 0 aliphatic carbocycles. The van der Waals surface area contributed by atoms with E-state index in [1.807, 2.05) is 39.0 Å². The summed E-state index contributed by atoms with van der Waals surface area (Å²) in [5, 5.41) is 0. The quantitative estimate of drug-likeness (QED) is 0.681. The fourth-order valence-electron chi connectivity index (χ4n) is 4.00. The molecule has 8 heteroatoms. The first kappa shape index (κ1) is 18.8. The van der Waals surface area contributed by atoms with Gasteiger partial charge in [-0.15, -0.1) is 4.74 Å². The van der Waals surface area contributed by atoms with E-state index < -0.39 is 23.2 Å². The van der Waals surface area contributed by atoms with Gasteiger partial charge in [-0.25, -0.2) is 14.4 Å². The second-order valence-corrected chi connectivity index (χ2v) is 7.40. The average molecular weight is 394 g/mol. The largest absolute Gasteiger partial charge is 0.447 e. The van der Waals surface area contributed by atoms with E-state index in [2.05, 4.69) is 0 Å². The van der Waals surface area contributed by atoms with Gasteiger partial charge in [-0.3, -0.25) is 4.90 Å². The fraction of sp³-hybridized carbons (Fsp3) is 0.286. The topological polar surface area (TPSA) is 80.7 Å². The number of hydrogen-bond acceptors (Lipinski definition) is 4. The molecule has 2 aromatic carbocycles. The molecular formula is C21H22N4O4. The third-order valence-corrected chi connectivity index (χ3v) is 5.34. The highest BCUT2D eigenvalue weighted by Gasteiger charge is 2.54. The molecule has 0 saturated carbocycles. The lowest BCUT2D eigenvalue weighted by Crippen LogP contribution is -2.46. The van der Waals surface area contributed by atoms with Crippen LogP contribution in [-0.4, -0.2) is 32.3 Å². The average Bonchev–Trinajstić information content (AvgIpc) is 3.11. The van der Waals surface area contributed by atoms with Gasteiger partial charge in [-0.2, -0.15) is 4.57 Å². The van der Waals surface area contributed by atoms with Crippen LogP contribution in [0.2, 0.25) is 0 Å². The van der Waals surface area contributed by atoms with Crippen LogP contribution in [0.25, 0.3) is 5.69 Å². The Morgan fingerprint density at radius 2 is 1.45 bits per heavy atom. The maximum Gasteiger partial charge on any atom is 0.447 e. The van der Waals surface area contributed by atoms with E-state index >= 15 is 0 Å². The Morgan fingerprint density at radius 3 is 2.00 bits per heavy atom. The van der Waals surface area contributed by atoms with Gasteiger partial charge in [-0.1, -0.05) is 36.4 Å². The first-order chi connectivity index (χ1) is 13.9. The van der Waals surface area contributed by atoms with Crippen LogP contribution in [0, 0.1) is 0 Å². The molecule has 0 N–H and O–H groups in total. The summed E-state index contributed by atoms with van der Waals surface area (Å²) in [7, 11) is 0. The highest BCUT2D eigenvalue weighted by molar-refractivity contribution is 5.95. The van der Waals surface area contributed by atoms with Crippen molar-refractivity contribution in [3.63, 3.8) is 0 Å². The first-order valence-electron chi connectivity index (χ1n) is 9.44. The van der Waals surface area contributed by atoms with Crippen LogP contribution in [0.4, 0.5) is 10.5 Å². The number of benzene rings is 2. The Labute approximate surface area is 167 Å². The van der Waals surface area contributed by atoms with Crippen molar-refractivity contribution in [2.45, 2.75) is 32.5 Å². The maximum atomic E-state index is 13.2. The van der Waals surface area contributed by atoms with Crippen LogP contribution in [0.3, 0.4) is 0 Å². The van der Waals surface area contributed by atoms with E-state index in [-0.39, 0.29) is 6.03 Å². The number of hydrogen-bond donors (Lipinski definition) is 0. The van der Waals surface area contributed by atoms with Crippen molar-refractivity contribution in [3.8, 4) is 5.69 Å². The number of carbonyl (C=O) groups excluding carboxylic acids is 1.